The van der Waals surface area contributed by atoms with Gasteiger partial charge in [0.25, 0.3) is 5.91 Å². The highest BCUT2D eigenvalue weighted by molar-refractivity contribution is 6.23. The maximum atomic E-state index is 13.0. The number of imide groups is 1. The number of methoxy groups -OCH3 is 1. The predicted molar refractivity (Wildman–Crippen MR) is 108 cm³/mol. The highest BCUT2D eigenvalue weighted by Crippen LogP contribution is 2.27. The van der Waals surface area contributed by atoms with E-state index in [1.807, 2.05) is 0 Å². The quantitative estimate of drug-likeness (QED) is 0.555. The van der Waals surface area contributed by atoms with E-state index in [0.717, 1.165) is 11.0 Å². The lowest BCUT2D eigenvalue weighted by Crippen LogP contribution is -2.44. The van der Waals surface area contributed by atoms with Crippen molar-refractivity contribution in [3.05, 3.63) is 72.3 Å². The van der Waals surface area contributed by atoms with Crippen molar-refractivity contribution in [3.8, 4) is 5.75 Å². The van der Waals surface area contributed by atoms with Gasteiger partial charge < -0.3 is 14.7 Å². The van der Waals surface area contributed by atoms with Crippen molar-refractivity contribution in [1.29, 1.82) is 0 Å². The number of para-hydroxylation sites is 1. The number of nitrogens with zero attached hydrogens (tertiary/aromatic N) is 2. The molecule has 0 aromatic heterocycles. The summed E-state index contributed by atoms with van der Waals surface area (Å²) in [7, 11) is 1.53. The first kappa shape index (κ1) is 20.8. The molecule has 3 amide bonds. The molecule has 1 atom stereocenters. The highest BCUT2D eigenvalue weighted by Gasteiger charge is 2.44. The van der Waals surface area contributed by atoms with Crippen LogP contribution in [0, 0.1) is 0 Å². The fourth-order valence-corrected chi connectivity index (χ4v) is 3.22. The number of carbonyl (C=O) groups excluding carboxylic acids is 3. The van der Waals surface area contributed by atoms with Crippen molar-refractivity contribution < 1.29 is 29.0 Å². The topological polar surface area (TPSA) is 104 Å². The SMILES string of the molecule is COc1ccc(CN(C(=O)/C=C\C(=O)O)[C@H]2CC(=O)N(c3ccccc3)C2=O)cc1. The van der Waals surface area contributed by atoms with E-state index in [1.54, 1.807) is 54.6 Å². The van der Waals surface area contributed by atoms with Gasteiger partial charge in [-0.25, -0.2) is 9.69 Å². The molecule has 0 bridgehead atoms. The fraction of sp³-hybridized carbons (Fsp3) is 0.182. The Hall–Kier alpha value is -3.94. The van der Waals surface area contributed by atoms with Gasteiger partial charge in [-0.3, -0.25) is 14.4 Å². The van der Waals surface area contributed by atoms with Gasteiger partial charge in [-0.1, -0.05) is 30.3 Å². The second kappa shape index (κ2) is 9.04. The minimum Gasteiger partial charge on any atom is -0.497 e. The number of hydrogen-bond donors (Lipinski definition) is 1. The molecule has 1 aliphatic heterocycles. The second-order valence-corrected chi connectivity index (χ2v) is 6.61. The second-order valence-electron chi connectivity index (χ2n) is 6.61. The summed E-state index contributed by atoms with van der Waals surface area (Å²) in [5.41, 5.74) is 1.12. The van der Waals surface area contributed by atoms with Crippen LogP contribution < -0.4 is 9.64 Å². The average Bonchev–Trinajstić information content (AvgIpc) is 3.05. The van der Waals surface area contributed by atoms with Crippen molar-refractivity contribution in [2.45, 2.75) is 19.0 Å². The third-order valence-corrected chi connectivity index (χ3v) is 4.68. The zero-order valence-electron chi connectivity index (χ0n) is 16.2. The normalized spacial score (nSPS) is 16.2. The summed E-state index contributed by atoms with van der Waals surface area (Å²) in [6.07, 6.45) is 1.41. The zero-order chi connectivity index (χ0) is 21.7. The monoisotopic (exact) mass is 408 g/mol. The molecule has 0 aliphatic carbocycles. The summed E-state index contributed by atoms with van der Waals surface area (Å²) in [5.74, 6) is -2.28. The summed E-state index contributed by atoms with van der Waals surface area (Å²) in [5, 5.41) is 8.84. The Morgan fingerprint density at radius 3 is 2.37 bits per heavy atom. The fourth-order valence-electron chi connectivity index (χ4n) is 3.22. The number of benzene rings is 2. The van der Waals surface area contributed by atoms with Crippen LogP contribution in [0.25, 0.3) is 0 Å². The van der Waals surface area contributed by atoms with Crippen molar-refractivity contribution in [3.63, 3.8) is 0 Å². The molecule has 0 spiro atoms. The number of anilines is 1. The molecule has 2 aromatic carbocycles. The van der Waals surface area contributed by atoms with Gasteiger partial charge >= 0.3 is 5.97 Å². The molecule has 1 saturated heterocycles. The molecule has 0 radical (unpaired) electrons. The van der Waals surface area contributed by atoms with Crippen LogP contribution in [0.5, 0.6) is 5.75 Å². The first-order valence-electron chi connectivity index (χ1n) is 9.17. The molecule has 30 heavy (non-hydrogen) atoms. The molecule has 0 saturated carbocycles. The molecule has 1 fully saturated rings. The first-order valence-corrected chi connectivity index (χ1v) is 9.17. The molecule has 1 N–H and O–H groups in total. The molecule has 2 aromatic rings. The Labute approximate surface area is 173 Å². The van der Waals surface area contributed by atoms with E-state index in [2.05, 4.69) is 0 Å². The van der Waals surface area contributed by atoms with Crippen molar-refractivity contribution in [2.75, 3.05) is 12.0 Å². The van der Waals surface area contributed by atoms with Crippen molar-refractivity contribution in [2.24, 2.45) is 0 Å². The molecule has 1 aliphatic rings. The molecule has 154 valence electrons. The third kappa shape index (κ3) is 4.54. The van der Waals surface area contributed by atoms with Crippen LogP contribution >= 0.6 is 0 Å². The Morgan fingerprint density at radius 2 is 1.77 bits per heavy atom. The van der Waals surface area contributed by atoms with Crippen LogP contribution in [0.15, 0.2) is 66.7 Å². The van der Waals surface area contributed by atoms with Gasteiger partial charge in [0.2, 0.25) is 11.8 Å². The molecule has 8 heteroatoms. The van der Waals surface area contributed by atoms with E-state index in [0.29, 0.717) is 23.1 Å². The number of rotatable bonds is 7. The number of aliphatic carboxylic acids is 1. The van der Waals surface area contributed by atoms with E-state index >= 15 is 0 Å². The van der Waals surface area contributed by atoms with Crippen LogP contribution in [0.4, 0.5) is 5.69 Å². The number of carboxylic acid groups (broad SMARTS) is 1. The molecular weight excluding hydrogens is 388 g/mol. The van der Waals surface area contributed by atoms with Crippen molar-refractivity contribution >= 4 is 29.4 Å². The molecule has 0 unspecified atom stereocenters. The average molecular weight is 408 g/mol. The lowest BCUT2D eigenvalue weighted by atomic mass is 10.1. The van der Waals surface area contributed by atoms with Gasteiger partial charge in [-0.15, -0.1) is 0 Å². The van der Waals surface area contributed by atoms with Gasteiger partial charge in [0.15, 0.2) is 0 Å². The lowest BCUT2D eigenvalue weighted by Gasteiger charge is -2.26. The van der Waals surface area contributed by atoms with Crippen molar-refractivity contribution in [1.82, 2.24) is 4.90 Å². The van der Waals surface area contributed by atoms with E-state index in [9.17, 15) is 19.2 Å². The Kier molecular flexibility index (Phi) is 6.26. The summed E-state index contributed by atoms with van der Waals surface area (Å²) >= 11 is 0. The van der Waals surface area contributed by atoms with E-state index in [4.69, 9.17) is 9.84 Å². The van der Waals surface area contributed by atoms with Gasteiger partial charge in [-0.05, 0) is 29.8 Å². The minimum absolute atomic E-state index is 0.0269. The third-order valence-electron chi connectivity index (χ3n) is 4.68. The van der Waals surface area contributed by atoms with Gasteiger partial charge in [-0.2, -0.15) is 0 Å². The largest absolute Gasteiger partial charge is 0.497 e. The predicted octanol–water partition coefficient (Wildman–Crippen LogP) is 2.00. The van der Waals surface area contributed by atoms with Crippen LogP contribution in [-0.2, 0) is 25.7 Å². The zero-order valence-corrected chi connectivity index (χ0v) is 16.2. The number of hydrogen-bond acceptors (Lipinski definition) is 5. The van der Waals surface area contributed by atoms with Gasteiger partial charge in [0.05, 0.1) is 19.2 Å². The van der Waals surface area contributed by atoms with Crippen LogP contribution in [0.2, 0.25) is 0 Å². The number of amides is 3. The van der Waals surface area contributed by atoms with Gasteiger partial charge in [0.1, 0.15) is 11.8 Å². The van der Waals surface area contributed by atoms with E-state index in [-0.39, 0.29) is 13.0 Å². The van der Waals surface area contributed by atoms with E-state index in [1.165, 1.54) is 12.0 Å². The Morgan fingerprint density at radius 1 is 1.10 bits per heavy atom. The van der Waals surface area contributed by atoms with Crippen LogP contribution in [0.3, 0.4) is 0 Å². The Balaban J connectivity index is 1.90. The van der Waals surface area contributed by atoms with Crippen LogP contribution in [0.1, 0.15) is 12.0 Å². The molecular formula is C22H20N2O6. The summed E-state index contributed by atoms with van der Waals surface area (Å²) in [6.45, 7) is 0.0269. The van der Waals surface area contributed by atoms with Crippen LogP contribution in [-0.4, -0.2) is 46.8 Å². The summed E-state index contributed by atoms with van der Waals surface area (Å²) in [4.78, 5) is 51.4. The smallest absolute Gasteiger partial charge is 0.328 e. The summed E-state index contributed by atoms with van der Waals surface area (Å²) < 4.78 is 5.12. The Bertz CT molecular complexity index is 984. The summed E-state index contributed by atoms with van der Waals surface area (Å²) in [6, 6.07) is 14.3. The minimum atomic E-state index is -1.28. The number of carboxylic acids is 1. The standard InChI is InChI=1S/C22H20N2O6/c1-30-17-9-7-15(8-10-17)14-23(19(25)11-12-21(27)28)18-13-20(26)24(22(18)29)16-5-3-2-4-6-16/h2-12,18H,13-14H2,1H3,(H,27,28)/b12-11-/t18-/m0/s1. The lowest BCUT2D eigenvalue weighted by molar-refractivity contribution is -0.135. The maximum absolute atomic E-state index is 13.0. The number of ether oxygens (including phenoxy) is 1. The molecule has 8 nitrogen and oxygen atoms in total. The van der Waals surface area contributed by atoms with E-state index < -0.39 is 29.7 Å². The highest BCUT2D eigenvalue weighted by atomic mass is 16.5. The van der Waals surface area contributed by atoms with Gasteiger partial charge in [0, 0.05) is 18.7 Å². The molecule has 3 rings (SSSR count). The number of carbonyl (C=O) groups is 4. The maximum Gasteiger partial charge on any atom is 0.328 e. The first-order chi connectivity index (χ1) is 14.4. The molecule has 1 heterocycles.